The van der Waals surface area contributed by atoms with E-state index in [1.54, 1.807) is 14.0 Å². The van der Waals surface area contributed by atoms with E-state index in [9.17, 15) is 22.4 Å². The standard InChI is InChI=1S/C23H21F4N3O2/c1-13-21-18(22(29(2)28-21)14-9-15(25)11-16(26)10-14)5-7-30(13)23(31)19-12-17(32-8-6-24)3-4-20(19)27/h3-4,9-13H,5-8H2,1-2H3/t13-/m0/s1. The van der Waals surface area contributed by atoms with Gasteiger partial charge in [0.15, 0.2) is 0 Å². The van der Waals surface area contributed by atoms with Crippen LogP contribution >= 0.6 is 0 Å². The van der Waals surface area contributed by atoms with Crippen LogP contribution in [0.3, 0.4) is 0 Å². The van der Waals surface area contributed by atoms with Gasteiger partial charge in [0.1, 0.15) is 36.5 Å². The highest BCUT2D eigenvalue weighted by atomic mass is 19.1. The molecule has 0 unspecified atom stereocenters. The van der Waals surface area contributed by atoms with Crippen LogP contribution in [0.25, 0.3) is 11.3 Å². The Morgan fingerprint density at radius 1 is 1.16 bits per heavy atom. The fourth-order valence-electron chi connectivity index (χ4n) is 4.14. The Balaban J connectivity index is 1.67. The first-order valence-corrected chi connectivity index (χ1v) is 10.1. The summed E-state index contributed by atoms with van der Waals surface area (Å²) in [6, 6.07) is 6.48. The summed E-state index contributed by atoms with van der Waals surface area (Å²) >= 11 is 0. The third-order valence-electron chi connectivity index (χ3n) is 5.55. The minimum Gasteiger partial charge on any atom is -0.491 e. The van der Waals surface area contributed by atoms with E-state index in [-0.39, 0.29) is 24.5 Å². The first kappa shape index (κ1) is 21.9. The van der Waals surface area contributed by atoms with Crippen molar-refractivity contribution in [2.75, 3.05) is 19.8 Å². The molecule has 1 atom stereocenters. The molecule has 0 radical (unpaired) electrons. The van der Waals surface area contributed by atoms with Gasteiger partial charge in [0.2, 0.25) is 0 Å². The number of halogens is 4. The smallest absolute Gasteiger partial charge is 0.257 e. The van der Waals surface area contributed by atoms with E-state index >= 15 is 0 Å². The summed E-state index contributed by atoms with van der Waals surface area (Å²) in [5.74, 6) is -2.44. The van der Waals surface area contributed by atoms with Gasteiger partial charge in [0.05, 0.1) is 23.0 Å². The second-order valence-electron chi connectivity index (χ2n) is 7.60. The van der Waals surface area contributed by atoms with Gasteiger partial charge in [-0.3, -0.25) is 9.48 Å². The van der Waals surface area contributed by atoms with E-state index in [0.29, 0.717) is 23.4 Å². The molecule has 1 aliphatic heterocycles. The summed E-state index contributed by atoms with van der Waals surface area (Å²) in [4.78, 5) is 14.6. The van der Waals surface area contributed by atoms with E-state index in [4.69, 9.17) is 4.74 Å². The molecule has 9 heteroatoms. The number of aryl methyl sites for hydroxylation is 1. The highest BCUT2D eigenvalue weighted by Gasteiger charge is 2.34. The molecule has 2 aromatic carbocycles. The zero-order valence-electron chi connectivity index (χ0n) is 17.5. The van der Waals surface area contributed by atoms with E-state index in [2.05, 4.69) is 5.10 Å². The number of amides is 1. The van der Waals surface area contributed by atoms with Crippen LogP contribution in [0.5, 0.6) is 5.75 Å². The molecule has 0 bridgehead atoms. The van der Waals surface area contributed by atoms with Crippen molar-refractivity contribution in [3.63, 3.8) is 0 Å². The Labute approximate surface area is 182 Å². The predicted molar refractivity (Wildman–Crippen MR) is 110 cm³/mol. The lowest BCUT2D eigenvalue weighted by Crippen LogP contribution is -2.39. The normalized spacial score (nSPS) is 15.6. The van der Waals surface area contributed by atoms with E-state index < -0.39 is 36.1 Å². The number of hydrogen-bond donors (Lipinski definition) is 0. The number of nitrogens with zero attached hydrogens (tertiary/aromatic N) is 3. The highest BCUT2D eigenvalue weighted by Crippen LogP contribution is 2.36. The summed E-state index contributed by atoms with van der Waals surface area (Å²) < 4.78 is 61.1. The Morgan fingerprint density at radius 3 is 2.56 bits per heavy atom. The molecule has 0 saturated heterocycles. The minimum atomic E-state index is -0.711. The van der Waals surface area contributed by atoms with Gasteiger partial charge in [-0.1, -0.05) is 0 Å². The molecule has 1 amide bonds. The average Bonchev–Trinajstić information content (AvgIpc) is 3.09. The summed E-state index contributed by atoms with van der Waals surface area (Å²) in [6.07, 6.45) is 0.381. The number of fused-ring (bicyclic) bond motifs is 1. The SMILES string of the molecule is C[C@H]1c2nn(C)c(-c3cc(F)cc(F)c3)c2CCN1C(=O)c1cc(OCCF)ccc1F. The zero-order chi connectivity index (χ0) is 23.0. The van der Waals surface area contributed by atoms with Crippen LogP contribution in [0.15, 0.2) is 36.4 Å². The van der Waals surface area contributed by atoms with E-state index in [0.717, 1.165) is 17.7 Å². The first-order chi connectivity index (χ1) is 15.3. The molecule has 0 N–H and O–H groups in total. The average molecular weight is 447 g/mol. The Bertz CT molecular complexity index is 1160. The molecule has 4 rings (SSSR count). The molecule has 0 fully saturated rings. The van der Waals surface area contributed by atoms with Crippen LogP contribution in [-0.2, 0) is 13.5 Å². The Kier molecular flexibility index (Phi) is 5.90. The summed E-state index contributed by atoms with van der Waals surface area (Å²) in [5, 5.41) is 4.49. The van der Waals surface area contributed by atoms with Crippen LogP contribution in [0.2, 0.25) is 0 Å². The van der Waals surface area contributed by atoms with Crippen LogP contribution in [-0.4, -0.2) is 40.4 Å². The molecule has 5 nitrogen and oxygen atoms in total. The van der Waals surface area contributed by atoms with Crippen molar-refractivity contribution in [1.82, 2.24) is 14.7 Å². The van der Waals surface area contributed by atoms with Crippen molar-refractivity contribution in [3.8, 4) is 17.0 Å². The maximum Gasteiger partial charge on any atom is 0.257 e. The second kappa shape index (κ2) is 8.64. The van der Waals surface area contributed by atoms with Crippen molar-refractivity contribution >= 4 is 5.91 Å². The number of ether oxygens (including phenoxy) is 1. The fraction of sp³-hybridized carbons (Fsp3) is 0.304. The molecule has 0 spiro atoms. The van der Waals surface area contributed by atoms with Crippen molar-refractivity contribution in [3.05, 3.63) is 70.7 Å². The summed E-state index contributed by atoms with van der Waals surface area (Å²) in [7, 11) is 1.67. The van der Waals surface area contributed by atoms with Gasteiger partial charge < -0.3 is 9.64 Å². The number of rotatable bonds is 5. The van der Waals surface area contributed by atoms with Gasteiger partial charge in [0, 0.05) is 30.8 Å². The van der Waals surface area contributed by atoms with Gasteiger partial charge in [-0.25, -0.2) is 17.6 Å². The first-order valence-electron chi connectivity index (χ1n) is 10.1. The molecule has 1 aromatic heterocycles. The maximum atomic E-state index is 14.4. The highest BCUT2D eigenvalue weighted by molar-refractivity contribution is 5.95. The van der Waals surface area contributed by atoms with Crippen molar-refractivity contribution in [1.29, 1.82) is 0 Å². The summed E-state index contributed by atoms with van der Waals surface area (Å²) in [6.45, 7) is 1.13. The molecular formula is C23H21F4N3O2. The third kappa shape index (κ3) is 3.94. The quantitative estimate of drug-likeness (QED) is 0.537. The zero-order valence-corrected chi connectivity index (χ0v) is 17.5. The van der Waals surface area contributed by atoms with Gasteiger partial charge >= 0.3 is 0 Å². The van der Waals surface area contributed by atoms with Crippen LogP contribution in [0, 0.1) is 17.5 Å². The lowest BCUT2D eigenvalue weighted by Gasteiger charge is -2.33. The monoisotopic (exact) mass is 447 g/mol. The lowest BCUT2D eigenvalue weighted by atomic mass is 9.95. The Morgan fingerprint density at radius 2 is 1.88 bits per heavy atom. The van der Waals surface area contributed by atoms with Gasteiger partial charge in [-0.2, -0.15) is 5.10 Å². The third-order valence-corrected chi connectivity index (χ3v) is 5.55. The number of alkyl halides is 1. The molecule has 0 aliphatic carbocycles. The number of carbonyl (C=O) groups excluding carboxylic acids is 1. The van der Waals surface area contributed by atoms with Crippen molar-refractivity contribution in [2.45, 2.75) is 19.4 Å². The van der Waals surface area contributed by atoms with Crippen LogP contribution < -0.4 is 4.74 Å². The topological polar surface area (TPSA) is 47.4 Å². The van der Waals surface area contributed by atoms with Crippen molar-refractivity contribution in [2.24, 2.45) is 7.05 Å². The van der Waals surface area contributed by atoms with E-state index in [1.165, 1.54) is 33.8 Å². The van der Waals surface area contributed by atoms with Gasteiger partial charge in [-0.05, 0) is 43.7 Å². The fourth-order valence-corrected chi connectivity index (χ4v) is 4.14. The Hall–Kier alpha value is -3.36. The maximum absolute atomic E-state index is 14.4. The number of benzene rings is 2. The van der Waals surface area contributed by atoms with Gasteiger partial charge in [-0.15, -0.1) is 0 Å². The number of hydrogen-bond acceptors (Lipinski definition) is 3. The number of carbonyl (C=O) groups is 1. The van der Waals surface area contributed by atoms with E-state index in [1.807, 2.05) is 0 Å². The molecule has 168 valence electrons. The molecule has 0 saturated carbocycles. The molecule has 1 aliphatic rings. The largest absolute Gasteiger partial charge is 0.491 e. The molecule has 3 aromatic rings. The minimum absolute atomic E-state index is 0.181. The molecular weight excluding hydrogens is 426 g/mol. The second-order valence-corrected chi connectivity index (χ2v) is 7.60. The van der Waals surface area contributed by atoms with Crippen LogP contribution in [0.1, 0.15) is 34.6 Å². The molecule has 32 heavy (non-hydrogen) atoms. The predicted octanol–water partition coefficient (Wildman–Crippen LogP) is 4.61. The summed E-state index contributed by atoms with van der Waals surface area (Å²) in [5.41, 5.74) is 2.12. The van der Waals surface area contributed by atoms with Crippen LogP contribution in [0.4, 0.5) is 17.6 Å². The van der Waals surface area contributed by atoms with Gasteiger partial charge in [0.25, 0.3) is 5.91 Å². The van der Waals surface area contributed by atoms with Crippen molar-refractivity contribution < 1.29 is 27.1 Å². The lowest BCUT2D eigenvalue weighted by molar-refractivity contribution is 0.0668. The molecule has 2 heterocycles. The number of aromatic nitrogens is 2.